The van der Waals surface area contributed by atoms with Gasteiger partial charge in [0.15, 0.2) is 0 Å². The Morgan fingerprint density at radius 1 is 1.50 bits per heavy atom. The molecule has 0 radical (unpaired) electrons. The van der Waals surface area contributed by atoms with Crippen LogP contribution in [-0.4, -0.2) is 23.4 Å². The van der Waals surface area contributed by atoms with Crippen molar-refractivity contribution >= 4 is 11.8 Å². The van der Waals surface area contributed by atoms with E-state index in [1.54, 1.807) is 0 Å². The van der Waals surface area contributed by atoms with Gasteiger partial charge in [0.25, 0.3) is 0 Å². The van der Waals surface area contributed by atoms with Crippen molar-refractivity contribution < 1.29 is 4.74 Å². The molecule has 4 heteroatoms. The third-order valence-corrected chi connectivity index (χ3v) is 4.11. The van der Waals surface area contributed by atoms with Gasteiger partial charge in [-0.2, -0.15) is 0 Å². The molecule has 16 heavy (non-hydrogen) atoms. The van der Waals surface area contributed by atoms with Crippen molar-refractivity contribution in [3.05, 3.63) is 23.9 Å². The molecule has 2 heterocycles. The first-order valence-corrected chi connectivity index (χ1v) is 6.60. The van der Waals surface area contributed by atoms with E-state index in [0.29, 0.717) is 5.25 Å². The smallest absolute Gasteiger partial charge is 0.101 e. The number of ether oxygens (including phenoxy) is 1. The van der Waals surface area contributed by atoms with Gasteiger partial charge in [-0.25, -0.2) is 4.98 Å². The van der Waals surface area contributed by atoms with E-state index in [2.05, 4.69) is 11.1 Å². The van der Waals surface area contributed by atoms with Crippen LogP contribution in [0, 0.1) is 0 Å². The molecule has 2 rings (SSSR count). The summed E-state index contributed by atoms with van der Waals surface area (Å²) in [5, 5.41) is 1.71. The summed E-state index contributed by atoms with van der Waals surface area (Å²) in [6.45, 7) is 3.75. The van der Waals surface area contributed by atoms with E-state index in [1.165, 1.54) is 0 Å². The number of nitrogens with two attached hydrogens (primary N) is 1. The molecule has 1 aromatic rings. The molecule has 1 fully saturated rings. The van der Waals surface area contributed by atoms with Crippen LogP contribution in [0.3, 0.4) is 0 Å². The number of pyridine rings is 1. The Morgan fingerprint density at radius 2 is 2.25 bits per heavy atom. The lowest BCUT2D eigenvalue weighted by molar-refractivity contribution is 0.1000. The fourth-order valence-corrected chi connectivity index (χ4v) is 3.06. The summed E-state index contributed by atoms with van der Waals surface area (Å²) in [7, 11) is 0. The Morgan fingerprint density at radius 3 is 2.94 bits per heavy atom. The van der Waals surface area contributed by atoms with E-state index in [0.717, 1.165) is 36.6 Å². The minimum atomic E-state index is 0.0519. The number of hydrogen-bond acceptors (Lipinski definition) is 4. The van der Waals surface area contributed by atoms with Gasteiger partial charge in [-0.05, 0) is 25.8 Å². The van der Waals surface area contributed by atoms with Crippen molar-refractivity contribution in [3.63, 3.8) is 0 Å². The lowest BCUT2D eigenvalue weighted by Gasteiger charge is -2.22. The maximum atomic E-state index is 5.94. The molecule has 0 bridgehead atoms. The van der Waals surface area contributed by atoms with Crippen LogP contribution in [-0.2, 0) is 4.74 Å². The second-order valence-corrected chi connectivity index (χ2v) is 5.41. The third kappa shape index (κ3) is 2.97. The monoisotopic (exact) mass is 238 g/mol. The van der Waals surface area contributed by atoms with Gasteiger partial charge in [0.2, 0.25) is 0 Å². The average Bonchev–Trinajstić information content (AvgIpc) is 2.31. The number of aromatic nitrogens is 1. The largest absolute Gasteiger partial charge is 0.381 e. The molecule has 0 spiro atoms. The summed E-state index contributed by atoms with van der Waals surface area (Å²) in [6.07, 6.45) is 4.06. The van der Waals surface area contributed by atoms with E-state index in [-0.39, 0.29) is 6.04 Å². The van der Waals surface area contributed by atoms with Crippen molar-refractivity contribution in [2.24, 2.45) is 5.73 Å². The molecule has 1 saturated heterocycles. The topological polar surface area (TPSA) is 48.1 Å². The maximum Gasteiger partial charge on any atom is 0.101 e. The van der Waals surface area contributed by atoms with Crippen molar-refractivity contribution in [1.29, 1.82) is 0 Å². The molecule has 1 atom stereocenters. The molecule has 1 aromatic heterocycles. The summed E-state index contributed by atoms with van der Waals surface area (Å²) in [5.74, 6) is 0. The minimum absolute atomic E-state index is 0.0519. The lowest BCUT2D eigenvalue weighted by Crippen LogP contribution is -2.18. The fourth-order valence-electron chi connectivity index (χ4n) is 1.80. The van der Waals surface area contributed by atoms with Crippen LogP contribution in [0.25, 0.3) is 0 Å². The highest BCUT2D eigenvalue weighted by Crippen LogP contribution is 2.32. The van der Waals surface area contributed by atoms with E-state index in [1.807, 2.05) is 30.9 Å². The lowest BCUT2D eigenvalue weighted by atomic mass is 10.2. The van der Waals surface area contributed by atoms with Crippen molar-refractivity contribution in [1.82, 2.24) is 4.98 Å². The van der Waals surface area contributed by atoms with Gasteiger partial charge >= 0.3 is 0 Å². The second kappa shape index (κ2) is 5.66. The molecular weight excluding hydrogens is 220 g/mol. The summed E-state index contributed by atoms with van der Waals surface area (Å²) >= 11 is 1.85. The zero-order valence-corrected chi connectivity index (χ0v) is 10.4. The van der Waals surface area contributed by atoms with E-state index >= 15 is 0 Å². The molecule has 0 amide bonds. The molecule has 0 unspecified atom stereocenters. The van der Waals surface area contributed by atoms with Gasteiger partial charge in [0.05, 0.1) is 0 Å². The van der Waals surface area contributed by atoms with Crippen molar-refractivity contribution in [3.8, 4) is 0 Å². The van der Waals surface area contributed by atoms with Crippen LogP contribution < -0.4 is 5.73 Å². The molecule has 2 N–H and O–H groups in total. The van der Waals surface area contributed by atoms with Crippen LogP contribution in [0.2, 0.25) is 0 Å². The predicted octanol–water partition coefficient (Wildman–Crippen LogP) is 2.37. The third-order valence-electron chi connectivity index (χ3n) is 2.74. The van der Waals surface area contributed by atoms with E-state index in [4.69, 9.17) is 10.5 Å². The standard InChI is InChI=1S/C12H18N2OS/c1-9(13)11-3-2-6-14-12(11)16-10-4-7-15-8-5-10/h2-3,6,9-10H,4-5,7-8,13H2,1H3/t9-/m0/s1. The quantitative estimate of drug-likeness (QED) is 0.878. The Hall–Kier alpha value is -0.580. The van der Waals surface area contributed by atoms with Crippen LogP contribution in [0.5, 0.6) is 0 Å². The molecule has 1 aliphatic heterocycles. The fraction of sp³-hybridized carbons (Fsp3) is 0.583. The molecule has 0 aliphatic carbocycles. The highest BCUT2D eigenvalue weighted by atomic mass is 32.2. The zero-order chi connectivity index (χ0) is 11.4. The first-order chi connectivity index (χ1) is 7.77. The zero-order valence-electron chi connectivity index (χ0n) is 9.56. The highest BCUT2D eigenvalue weighted by Gasteiger charge is 2.18. The summed E-state index contributed by atoms with van der Waals surface area (Å²) in [4.78, 5) is 4.44. The Labute approximate surface area is 101 Å². The van der Waals surface area contributed by atoms with Crippen LogP contribution >= 0.6 is 11.8 Å². The van der Waals surface area contributed by atoms with Gasteiger partial charge in [-0.3, -0.25) is 0 Å². The van der Waals surface area contributed by atoms with Crippen LogP contribution in [0.4, 0.5) is 0 Å². The van der Waals surface area contributed by atoms with Crippen LogP contribution in [0.15, 0.2) is 23.4 Å². The number of rotatable bonds is 3. The summed E-state index contributed by atoms with van der Waals surface area (Å²) < 4.78 is 5.36. The molecule has 0 saturated carbocycles. The van der Waals surface area contributed by atoms with Gasteiger partial charge < -0.3 is 10.5 Å². The van der Waals surface area contributed by atoms with Crippen molar-refractivity contribution in [2.75, 3.05) is 13.2 Å². The van der Waals surface area contributed by atoms with Crippen molar-refractivity contribution in [2.45, 2.75) is 36.1 Å². The molecule has 3 nitrogen and oxygen atoms in total. The average molecular weight is 238 g/mol. The summed E-state index contributed by atoms with van der Waals surface area (Å²) in [6, 6.07) is 4.07. The maximum absolute atomic E-state index is 5.94. The molecular formula is C12H18N2OS. The Bertz CT molecular complexity index is 338. The van der Waals surface area contributed by atoms with Crippen LogP contribution in [0.1, 0.15) is 31.4 Å². The minimum Gasteiger partial charge on any atom is -0.381 e. The molecule has 1 aliphatic rings. The normalized spacial score (nSPS) is 19.6. The number of nitrogens with zero attached hydrogens (tertiary/aromatic N) is 1. The Balaban J connectivity index is 2.07. The SMILES string of the molecule is C[C@H](N)c1cccnc1SC1CCOCC1. The molecule has 0 aromatic carbocycles. The van der Waals surface area contributed by atoms with Gasteiger partial charge in [0.1, 0.15) is 5.03 Å². The number of hydrogen-bond donors (Lipinski definition) is 1. The van der Waals surface area contributed by atoms with E-state index < -0.39 is 0 Å². The van der Waals surface area contributed by atoms with Gasteiger partial charge in [-0.1, -0.05) is 6.07 Å². The Kier molecular flexibility index (Phi) is 4.21. The second-order valence-electron chi connectivity index (χ2n) is 4.12. The van der Waals surface area contributed by atoms with Gasteiger partial charge in [0, 0.05) is 36.3 Å². The molecule has 88 valence electrons. The first kappa shape index (κ1) is 11.9. The first-order valence-electron chi connectivity index (χ1n) is 5.72. The predicted molar refractivity (Wildman–Crippen MR) is 66.5 cm³/mol. The van der Waals surface area contributed by atoms with E-state index in [9.17, 15) is 0 Å². The highest BCUT2D eigenvalue weighted by molar-refractivity contribution is 7.99. The number of thioether (sulfide) groups is 1. The van der Waals surface area contributed by atoms with Gasteiger partial charge in [-0.15, -0.1) is 11.8 Å². The summed E-state index contributed by atoms with van der Waals surface area (Å²) in [5.41, 5.74) is 7.09.